The number of carboxylic acid groups (broad SMARTS) is 1. The lowest BCUT2D eigenvalue weighted by Crippen LogP contribution is -2.38. The largest absolute Gasteiger partial charge is 0.493 e. The van der Waals surface area contributed by atoms with Crippen LogP contribution in [0.15, 0.2) is 18.2 Å². The fourth-order valence-electron chi connectivity index (χ4n) is 1.74. The highest BCUT2D eigenvalue weighted by Crippen LogP contribution is 2.30. The third kappa shape index (κ3) is 3.36. The second-order valence-electron chi connectivity index (χ2n) is 4.41. The molecule has 6 heteroatoms. The Morgan fingerprint density at radius 2 is 2.26 bits per heavy atom. The highest BCUT2D eigenvalue weighted by Gasteiger charge is 2.22. The molecule has 1 unspecified atom stereocenters. The molecule has 3 N–H and O–H groups in total. The molecule has 19 heavy (non-hydrogen) atoms. The number of carboxylic acids is 1. The van der Waals surface area contributed by atoms with Gasteiger partial charge in [0.1, 0.15) is 12.1 Å². The molecule has 0 radical (unpaired) electrons. The molecular formula is C13H17NO5. The van der Waals surface area contributed by atoms with Gasteiger partial charge in [-0.3, -0.25) is 4.79 Å². The Morgan fingerprint density at radius 3 is 2.79 bits per heavy atom. The number of aliphatic carboxylic acids is 1. The number of methoxy groups -OCH3 is 1. The number of rotatable bonds is 6. The SMILES string of the molecule is COc1cc(CC(N)C(=O)O)ccc1OC1COC1. The third-order valence-corrected chi connectivity index (χ3v) is 2.90. The van der Waals surface area contributed by atoms with Crippen LogP contribution in [0.25, 0.3) is 0 Å². The van der Waals surface area contributed by atoms with Crippen molar-refractivity contribution in [1.82, 2.24) is 0 Å². The lowest BCUT2D eigenvalue weighted by molar-refractivity contribution is -0.138. The first kappa shape index (κ1) is 13.6. The maximum absolute atomic E-state index is 10.7. The van der Waals surface area contributed by atoms with Crippen LogP contribution < -0.4 is 15.2 Å². The smallest absolute Gasteiger partial charge is 0.320 e. The van der Waals surface area contributed by atoms with Gasteiger partial charge < -0.3 is 25.1 Å². The Hall–Kier alpha value is -1.79. The molecule has 1 aromatic rings. The number of hydrogen-bond donors (Lipinski definition) is 2. The van der Waals surface area contributed by atoms with Crippen molar-refractivity contribution in [2.24, 2.45) is 5.73 Å². The van der Waals surface area contributed by atoms with E-state index in [0.717, 1.165) is 5.56 Å². The fraction of sp³-hybridized carbons (Fsp3) is 0.462. The van der Waals surface area contributed by atoms with Gasteiger partial charge in [0.05, 0.1) is 20.3 Å². The molecule has 1 saturated heterocycles. The van der Waals surface area contributed by atoms with E-state index in [1.54, 1.807) is 25.3 Å². The fourth-order valence-corrected chi connectivity index (χ4v) is 1.74. The van der Waals surface area contributed by atoms with Crippen LogP contribution in [0.4, 0.5) is 0 Å². The predicted octanol–water partition coefficient (Wildman–Crippen LogP) is 0.427. The van der Waals surface area contributed by atoms with Crippen LogP contribution in [-0.2, 0) is 16.0 Å². The van der Waals surface area contributed by atoms with Crippen molar-refractivity contribution in [1.29, 1.82) is 0 Å². The van der Waals surface area contributed by atoms with Gasteiger partial charge >= 0.3 is 5.97 Å². The molecule has 0 spiro atoms. The third-order valence-electron chi connectivity index (χ3n) is 2.90. The van der Waals surface area contributed by atoms with Gasteiger partial charge in [0.15, 0.2) is 11.5 Å². The molecule has 1 fully saturated rings. The molecule has 0 saturated carbocycles. The summed E-state index contributed by atoms with van der Waals surface area (Å²) in [5.41, 5.74) is 6.30. The molecule has 104 valence electrons. The Labute approximate surface area is 111 Å². The van der Waals surface area contributed by atoms with Gasteiger partial charge in [-0.05, 0) is 24.1 Å². The van der Waals surface area contributed by atoms with E-state index in [1.807, 2.05) is 0 Å². The van der Waals surface area contributed by atoms with Gasteiger partial charge in [-0.25, -0.2) is 0 Å². The zero-order valence-electron chi connectivity index (χ0n) is 10.7. The zero-order chi connectivity index (χ0) is 13.8. The number of hydrogen-bond acceptors (Lipinski definition) is 5. The molecule has 0 aliphatic carbocycles. The molecule has 6 nitrogen and oxygen atoms in total. The molecule has 1 aromatic carbocycles. The van der Waals surface area contributed by atoms with E-state index < -0.39 is 12.0 Å². The summed E-state index contributed by atoms with van der Waals surface area (Å²) in [4.78, 5) is 10.7. The molecule has 1 aliphatic heterocycles. The number of carbonyl (C=O) groups is 1. The van der Waals surface area contributed by atoms with E-state index >= 15 is 0 Å². The van der Waals surface area contributed by atoms with Crippen molar-refractivity contribution in [3.63, 3.8) is 0 Å². The summed E-state index contributed by atoms with van der Waals surface area (Å²) >= 11 is 0. The average Bonchev–Trinajstić information content (AvgIpc) is 2.34. The molecule has 2 rings (SSSR count). The van der Waals surface area contributed by atoms with Gasteiger partial charge in [-0.2, -0.15) is 0 Å². The van der Waals surface area contributed by atoms with Crippen molar-refractivity contribution < 1.29 is 24.1 Å². The molecule has 1 heterocycles. The van der Waals surface area contributed by atoms with Gasteiger partial charge in [-0.15, -0.1) is 0 Å². The average molecular weight is 267 g/mol. The molecule has 1 aliphatic rings. The molecule has 0 amide bonds. The first-order valence-corrected chi connectivity index (χ1v) is 6.00. The number of nitrogens with two attached hydrogens (primary N) is 1. The van der Waals surface area contributed by atoms with Crippen LogP contribution >= 0.6 is 0 Å². The first-order chi connectivity index (χ1) is 9.10. The monoisotopic (exact) mass is 267 g/mol. The highest BCUT2D eigenvalue weighted by atomic mass is 16.6. The molecule has 0 aromatic heterocycles. The number of ether oxygens (including phenoxy) is 3. The van der Waals surface area contributed by atoms with Crippen LogP contribution in [-0.4, -0.2) is 43.5 Å². The van der Waals surface area contributed by atoms with Crippen molar-refractivity contribution >= 4 is 5.97 Å². The maximum atomic E-state index is 10.7. The maximum Gasteiger partial charge on any atom is 0.320 e. The Balaban J connectivity index is 2.08. The minimum absolute atomic E-state index is 0.0565. The summed E-state index contributed by atoms with van der Waals surface area (Å²) in [6.45, 7) is 1.16. The van der Waals surface area contributed by atoms with Crippen molar-refractivity contribution in [2.45, 2.75) is 18.6 Å². The normalized spacial score (nSPS) is 16.5. The van der Waals surface area contributed by atoms with Gasteiger partial charge in [-0.1, -0.05) is 6.07 Å². The van der Waals surface area contributed by atoms with Crippen LogP contribution in [0, 0.1) is 0 Å². The van der Waals surface area contributed by atoms with Gasteiger partial charge in [0.2, 0.25) is 0 Å². The standard InChI is InChI=1S/C13H17NO5/c1-17-12-5-8(4-10(14)13(15)16)2-3-11(12)19-9-6-18-7-9/h2-3,5,9-10H,4,6-7,14H2,1H3,(H,15,16). The quantitative estimate of drug-likeness (QED) is 0.776. The first-order valence-electron chi connectivity index (χ1n) is 6.00. The van der Waals surface area contributed by atoms with Crippen LogP contribution in [0.2, 0.25) is 0 Å². The molecule has 1 atom stereocenters. The van der Waals surface area contributed by atoms with Crippen molar-refractivity contribution in [3.05, 3.63) is 23.8 Å². The molecule has 0 bridgehead atoms. The van der Waals surface area contributed by atoms with Crippen LogP contribution in [0.1, 0.15) is 5.56 Å². The lowest BCUT2D eigenvalue weighted by atomic mass is 10.1. The summed E-state index contributed by atoms with van der Waals surface area (Å²) in [7, 11) is 1.54. The Morgan fingerprint density at radius 1 is 1.53 bits per heavy atom. The highest BCUT2D eigenvalue weighted by molar-refractivity contribution is 5.73. The van der Waals surface area contributed by atoms with Crippen molar-refractivity contribution in [3.8, 4) is 11.5 Å². The zero-order valence-corrected chi connectivity index (χ0v) is 10.7. The van der Waals surface area contributed by atoms with Gasteiger partial charge in [0.25, 0.3) is 0 Å². The topological polar surface area (TPSA) is 91.0 Å². The minimum Gasteiger partial charge on any atom is -0.493 e. The van der Waals surface area contributed by atoms with Gasteiger partial charge in [0, 0.05) is 0 Å². The van der Waals surface area contributed by atoms with E-state index in [9.17, 15) is 4.79 Å². The summed E-state index contributed by atoms with van der Waals surface area (Å²) < 4.78 is 16.0. The van der Waals surface area contributed by atoms with E-state index in [2.05, 4.69) is 0 Å². The van der Waals surface area contributed by atoms with E-state index in [-0.39, 0.29) is 12.5 Å². The molecular weight excluding hydrogens is 250 g/mol. The summed E-state index contributed by atoms with van der Waals surface area (Å²) in [5.74, 6) is 0.177. The summed E-state index contributed by atoms with van der Waals surface area (Å²) in [5, 5.41) is 8.79. The lowest BCUT2D eigenvalue weighted by Gasteiger charge is -2.27. The number of benzene rings is 1. The predicted molar refractivity (Wildman–Crippen MR) is 67.5 cm³/mol. The van der Waals surface area contributed by atoms with E-state index in [1.165, 1.54) is 0 Å². The van der Waals surface area contributed by atoms with Crippen molar-refractivity contribution in [2.75, 3.05) is 20.3 Å². The summed E-state index contributed by atoms with van der Waals surface area (Å²) in [6, 6.07) is 4.38. The van der Waals surface area contributed by atoms with Crippen LogP contribution in [0.5, 0.6) is 11.5 Å². The van der Waals surface area contributed by atoms with E-state index in [4.69, 9.17) is 25.1 Å². The van der Waals surface area contributed by atoms with E-state index in [0.29, 0.717) is 24.7 Å². The Bertz CT molecular complexity index is 458. The second kappa shape index (κ2) is 5.90. The minimum atomic E-state index is -1.02. The Kier molecular flexibility index (Phi) is 4.24. The summed E-state index contributed by atoms with van der Waals surface area (Å²) in [6.07, 6.45) is 0.305. The second-order valence-corrected chi connectivity index (χ2v) is 4.41. The van der Waals surface area contributed by atoms with Crippen LogP contribution in [0.3, 0.4) is 0 Å².